The van der Waals surface area contributed by atoms with Gasteiger partial charge in [-0.3, -0.25) is 0 Å². The Morgan fingerprint density at radius 1 is 1.22 bits per heavy atom. The molecule has 0 aliphatic heterocycles. The lowest BCUT2D eigenvalue weighted by Crippen LogP contribution is -2.48. The third-order valence-electron chi connectivity index (χ3n) is 5.75. The summed E-state index contributed by atoms with van der Waals surface area (Å²) in [6, 6.07) is 6.72. The van der Waals surface area contributed by atoms with E-state index >= 15 is 0 Å². The monoisotopic (exact) mass is 383 g/mol. The van der Waals surface area contributed by atoms with Crippen LogP contribution in [0.5, 0.6) is 5.75 Å². The van der Waals surface area contributed by atoms with Gasteiger partial charge in [0.2, 0.25) is 0 Å². The Kier molecular flexibility index (Phi) is 6.15. The second-order valence-electron chi connectivity index (χ2n) is 9.46. The van der Waals surface area contributed by atoms with Crippen LogP contribution in [0.15, 0.2) is 53.4 Å². The quantitative estimate of drug-likeness (QED) is 0.481. The molecule has 3 heteroatoms. The van der Waals surface area contributed by atoms with E-state index < -0.39 is 8.07 Å². The van der Waals surface area contributed by atoms with Gasteiger partial charge in [-0.2, -0.15) is 0 Å². The zero-order valence-corrected chi connectivity index (χ0v) is 19.7. The van der Waals surface area contributed by atoms with Crippen LogP contribution in [0.3, 0.4) is 0 Å². The lowest BCUT2D eigenvalue weighted by Gasteiger charge is -2.35. The minimum absolute atomic E-state index is 0.0329. The number of hydrogen-bond acceptors (Lipinski definition) is 2. The lowest BCUT2D eigenvalue weighted by atomic mass is 9.86. The van der Waals surface area contributed by atoms with Crippen molar-refractivity contribution in [2.45, 2.75) is 53.1 Å². The molecule has 0 saturated carbocycles. The van der Waals surface area contributed by atoms with Crippen molar-refractivity contribution in [2.75, 3.05) is 20.7 Å². The van der Waals surface area contributed by atoms with E-state index in [1.165, 1.54) is 22.0 Å². The fraction of sp³-hybridized carbons (Fsp3) is 0.500. The number of para-hydroxylation sites is 1. The molecule has 1 atom stereocenters. The molecule has 0 N–H and O–H groups in total. The van der Waals surface area contributed by atoms with Crippen molar-refractivity contribution in [3.63, 3.8) is 0 Å². The molecule has 148 valence electrons. The maximum atomic E-state index is 6.31. The summed E-state index contributed by atoms with van der Waals surface area (Å²) in [5.74, 6) is 1.55. The topological polar surface area (TPSA) is 12.5 Å². The fourth-order valence-corrected chi connectivity index (χ4v) is 7.99. The van der Waals surface area contributed by atoms with Crippen LogP contribution in [0.25, 0.3) is 0 Å². The lowest BCUT2D eigenvalue weighted by molar-refractivity contribution is 0.354. The normalized spacial score (nSPS) is 17.8. The zero-order chi connectivity index (χ0) is 20.6. The first-order valence-corrected chi connectivity index (χ1v) is 12.9. The van der Waals surface area contributed by atoms with Crippen LogP contribution >= 0.6 is 0 Å². The highest BCUT2D eigenvalue weighted by Crippen LogP contribution is 2.40. The van der Waals surface area contributed by atoms with Gasteiger partial charge >= 0.3 is 0 Å². The fourth-order valence-electron chi connectivity index (χ4n) is 4.16. The number of ether oxygens (including phenoxy) is 1. The average molecular weight is 384 g/mol. The largest absolute Gasteiger partial charge is 0.489 e. The van der Waals surface area contributed by atoms with Gasteiger partial charge in [-0.15, -0.1) is 0 Å². The minimum atomic E-state index is -1.96. The molecule has 0 spiro atoms. The molecule has 0 fully saturated rings. The highest BCUT2D eigenvalue weighted by atomic mass is 28.3. The Labute approximate surface area is 167 Å². The van der Waals surface area contributed by atoms with Crippen LogP contribution in [0.4, 0.5) is 0 Å². The number of allylic oxidation sites excluding steroid dienone is 3. The first-order valence-electron chi connectivity index (χ1n) is 9.90. The molecule has 2 nitrogen and oxygen atoms in total. The Hall–Kier alpha value is -1.74. The van der Waals surface area contributed by atoms with Crippen LogP contribution in [0, 0.1) is 5.92 Å². The van der Waals surface area contributed by atoms with Crippen LogP contribution < -0.4 is 9.92 Å². The van der Waals surface area contributed by atoms with Crippen molar-refractivity contribution < 1.29 is 4.74 Å². The van der Waals surface area contributed by atoms with E-state index in [1.54, 1.807) is 5.20 Å². The summed E-state index contributed by atoms with van der Waals surface area (Å²) in [4.78, 5) is 2.27. The molecule has 1 aliphatic rings. The smallest absolute Gasteiger partial charge is 0.123 e. The van der Waals surface area contributed by atoms with Gasteiger partial charge < -0.3 is 9.64 Å². The van der Waals surface area contributed by atoms with Crippen LogP contribution in [0.2, 0.25) is 13.1 Å². The molecule has 0 aromatic heterocycles. The first-order chi connectivity index (χ1) is 12.4. The first kappa shape index (κ1) is 21.6. The van der Waals surface area contributed by atoms with Gasteiger partial charge in [0.25, 0.3) is 0 Å². The van der Waals surface area contributed by atoms with E-state index in [2.05, 4.69) is 97.6 Å². The summed E-state index contributed by atoms with van der Waals surface area (Å²) in [6.45, 7) is 20.7. The van der Waals surface area contributed by atoms with E-state index in [-0.39, 0.29) is 5.41 Å². The van der Waals surface area contributed by atoms with Crippen LogP contribution in [-0.2, 0) is 5.41 Å². The molecule has 1 aromatic carbocycles. The zero-order valence-electron chi connectivity index (χ0n) is 18.7. The maximum Gasteiger partial charge on any atom is 0.123 e. The maximum absolute atomic E-state index is 6.31. The Bertz CT molecular complexity index is 778. The molecule has 1 unspecified atom stereocenters. The van der Waals surface area contributed by atoms with Crippen molar-refractivity contribution in [1.82, 2.24) is 4.90 Å². The standard InChI is InChI=1S/C24H37NOSi/c1-11-15-26-22-19(24(4,5)6)13-12-14-21(22)27(9,10)23-18(3)17(2)16-20(23)25(7)8/h11-14,16,18H,1,15H2,2-10H3. The van der Waals surface area contributed by atoms with E-state index in [0.717, 1.165) is 5.75 Å². The molecule has 0 amide bonds. The predicted octanol–water partition coefficient (Wildman–Crippen LogP) is 5.42. The Morgan fingerprint density at radius 2 is 1.85 bits per heavy atom. The molecular formula is C24H37NOSi. The molecule has 0 saturated heterocycles. The predicted molar refractivity (Wildman–Crippen MR) is 122 cm³/mol. The van der Waals surface area contributed by atoms with E-state index in [9.17, 15) is 0 Å². The van der Waals surface area contributed by atoms with Crippen molar-refractivity contribution in [3.8, 4) is 5.75 Å². The second kappa shape index (κ2) is 7.71. The van der Waals surface area contributed by atoms with Crippen LogP contribution in [-0.4, -0.2) is 33.7 Å². The summed E-state index contributed by atoms with van der Waals surface area (Å²) in [7, 11) is 2.35. The van der Waals surface area contributed by atoms with Crippen molar-refractivity contribution in [3.05, 3.63) is 59.0 Å². The average Bonchev–Trinajstić information content (AvgIpc) is 2.88. The van der Waals surface area contributed by atoms with Gasteiger partial charge in [-0.1, -0.05) is 77.2 Å². The molecule has 27 heavy (non-hydrogen) atoms. The number of rotatable bonds is 6. The molecular weight excluding hydrogens is 346 g/mol. The molecule has 0 heterocycles. The van der Waals surface area contributed by atoms with Crippen molar-refractivity contribution in [2.24, 2.45) is 5.92 Å². The number of nitrogens with zero attached hydrogens (tertiary/aromatic N) is 1. The third-order valence-corrected chi connectivity index (χ3v) is 9.53. The second-order valence-corrected chi connectivity index (χ2v) is 13.8. The Morgan fingerprint density at radius 3 is 2.37 bits per heavy atom. The molecule has 1 aliphatic carbocycles. The molecule has 0 radical (unpaired) electrons. The number of benzene rings is 1. The summed E-state index contributed by atoms with van der Waals surface area (Å²) in [5.41, 5.74) is 4.15. The molecule has 0 bridgehead atoms. The number of hydrogen-bond donors (Lipinski definition) is 0. The third kappa shape index (κ3) is 4.08. The number of likely N-dealkylation sites (N-methyl/N-ethyl adjacent to an activating group) is 1. The molecule has 1 aromatic rings. The minimum Gasteiger partial charge on any atom is -0.489 e. The van der Waals surface area contributed by atoms with Gasteiger partial charge in [-0.05, 0) is 40.3 Å². The van der Waals surface area contributed by atoms with E-state index in [0.29, 0.717) is 12.5 Å². The van der Waals surface area contributed by atoms with Crippen LogP contribution in [0.1, 0.15) is 40.2 Å². The summed E-state index contributed by atoms with van der Waals surface area (Å²) in [6.07, 6.45) is 4.21. The summed E-state index contributed by atoms with van der Waals surface area (Å²) in [5, 5.41) is 2.99. The highest BCUT2D eigenvalue weighted by molar-refractivity contribution is 6.96. The summed E-state index contributed by atoms with van der Waals surface area (Å²) >= 11 is 0. The summed E-state index contributed by atoms with van der Waals surface area (Å²) < 4.78 is 6.31. The van der Waals surface area contributed by atoms with E-state index in [1.807, 2.05) is 6.08 Å². The highest BCUT2D eigenvalue weighted by Gasteiger charge is 2.40. The SMILES string of the molecule is C=CCOc1c(C(C)(C)C)cccc1[Si](C)(C)C1=C(N(C)C)C=C(C)C1C. The van der Waals surface area contributed by atoms with Crippen molar-refractivity contribution >= 4 is 13.3 Å². The van der Waals surface area contributed by atoms with Crippen molar-refractivity contribution in [1.29, 1.82) is 0 Å². The van der Waals surface area contributed by atoms with Gasteiger partial charge in [0.05, 0.1) is 0 Å². The Balaban J connectivity index is 2.72. The molecule has 2 rings (SSSR count). The van der Waals surface area contributed by atoms with Gasteiger partial charge in [0, 0.05) is 19.8 Å². The van der Waals surface area contributed by atoms with Gasteiger partial charge in [-0.25, -0.2) is 0 Å². The van der Waals surface area contributed by atoms with E-state index in [4.69, 9.17) is 4.74 Å². The van der Waals surface area contributed by atoms with Gasteiger partial charge in [0.15, 0.2) is 0 Å². The van der Waals surface area contributed by atoms with Gasteiger partial charge in [0.1, 0.15) is 20.4 Å².